The molecule has 0 saturated heterocycles. The molecule has 1 aliphatic rings. The van der Waals surface area contributed by atoms with E-state index in [9.17, 15) is 14.9 Å². The molecule has 1 N–H and O–H groups in total. The number of benzene rings is 2. The molecule has 4 aromatic rings. The number of nitro groups is 1. The van der Waals surface area contributed by atoms with Crippen LogP contribution >= 0.6 is 11.8 Å². The Hall–Kier alpha value is -4.51. The van der Waals surface area contributed by atoms with Crippen LogP contribution in [0.25, 0.3) is 0 Å². The molecular weight excluding hydrogens is 474 g/mol. The predicted molar refractivity (Wildman–Crippen MR) is 125 cm³/mol. The van der Waals surface area contributed by atoms with Crippen molar-refractivity contribution in [1.29, 1.82) is 0 Å². The maximum Gasteiger partial charge on any atom is 0.291 e. The van der Waals surface area contributed by atoms with Gasteiger partial charge in [0.15, 0.2) is 17.3 Å². The van der Waals surface area contributed by atoms with Crippen molar-refractivity contribution < 1.29 is 28.3 Å². The number of carbonyl (C=O) groups is 1. The van der Waals surface area contributed by atoms with E-state index in [1.807, 2.05) is 6.07 Å². The Balaban J connectivity index is 1.26. The number of carbonyl (C=O) groups excluding carboxylic acids is 1. The lowest BCUT2D eigenvalue weighted by atomic mass is 10.2. The molecule has 10 nitrogen and oxygen atoms in total. The van der Waals surface area contributed by atoms with Crippen LogP contribution in [0.2, 0.25) is 0 Å². The largest absolute Gasteiger partial charge is 0.486 e. The van der Waals surface area contributed by atoms with Crippen molar-refractivity contribution in [2.24, 2.45) is 0 Å². The average Bonchev–Trinajstić information content (AvgIpc) is 3.52. The third-order valence-electron chi connectivity index (χ3n) is 4.83. The normalized spacial score (nSPS) is 11.8. The number of hydrogen-bond acceptors (Lipinski definition) is 9. The van der Waals surface area contributed by atoms with E-state index in [-0.39, 0.29) is 30.5 Å². The maximum atomic E-state index is 12.7. The predicted octanol–water partition coefficient (Wildman–Crippen LogP) is 5.29. The average molecular weight is 491 g/mol. The molecule has 3 heterocycles. The van der Waals surface area contributed by atoms with Crippen LogP contribution < -0.4 is 19.5 Å². The van der Waals surface area contributed by atoms with Gasteiger partial charge < -0.3 is 23.9 Å². The number of nitro benzene ring substituents is 1. The van der Waals surface area contributed by atoms with E-state index in [4.69, 9.17) is 18.6 Å². The third-order valence-corrected chi connectivity index (χ3v) is 5.75. The summed E-state index contributed by atoms with van der Waals surface area (Å²) in [7, 11) is 0. The van der Waals surface area contributed by atoms with Crippen molar-refractivity contribution in [2.75, 3.05) is 12.1 Å². The number of rotatable bonds is 8. The number of ether oxygens (including phenoxy) is 3. The van der Waals surface area contributed by atoms with Crippen LogP contribution in [0.1, 0.15) is 16.3 Å². The lowest BCUT2D eigenvalue weighted by Gasteiger charge is -2.07. The van der Waals surface area contributed by atoms with Crippen molar-refractivity contribution >= 4 is 29.0 Å². The molecule has 5 rings (SSSR count). The number of aromatic nitrogens is 1. The van der Waals surface area contributed by atoms with Gasteiger partial charge in [-0.3, -0.25) is 14.9 Å². The highest BCUT2D eigenvalue weighted by Crippen LogP contribution is 2.35. The number of nitrogens with zero attached hydrogens (tertiary/aromatic N) is 2. The number of pyridine rings is 1. The van der Waals surface area contributed by atoms with Crippen LogP contribution in [0, 0.1) is 10.1 Å². The SMILES string of the molecule is O=C(Nc1cc(Sc2ccccn2)cc([N+](=O)[O-])c1)c1ccc(COc2ccc3c(c2)OCO3)o1. The molecule has 11 heteroatoms. The molecule has 0 spiro atoms. The Bertz CT molecular complexity index is 1390. The van der Waals surface area contributed by atoms with Gasteiger partial charge in [0, 0.05) is 35.0 Å². The van der Waals surface area contributed by atoms with Gasteiger partial charge in [0.05, 0.1) is 4.92 Å². The van der Waals surface area contributed by atoms with E-state index in [0.29, 0.717) is 32.9 Å². The fraction of sp³-hybridized carbons (Fsp3) is 0.0833. The molecule has 0 radical (unpaired) electrons. The van der Waals surface area contributed by atoms with Crippen LogP contribution in [-0.4, -0.2) is 22.6 Å². The van der Waals surface area contributed by atoms with Gasteiger partial charge in [-0.05, 0) is 42.5 Å². The van der Waals surface area contributed by atoms with Gasteiger partial charge in [0.25, 0.3) is 11.6 Å². The van der Waals surface area contributed by atoms with E-state index < -0.39 is 10.8 Å². The van der Waals surface area contributed by atoms with Gasteiger partial charge in [0.2, 0.25) is 6.79 Å². The Kier molecular flexibility index (Phi) is 6.22. The summed E-state index contributed by atoms with van der Waals surface area (Å²) >= 11 is 1.25. The lowest BCUT2D eigenvalue weighted by molar-refractivity contribution is -0.385. The molecule has 1 amide bonds. The smallest absolute Gasteiger partial charge is 0.291 e. The fourth-order valence-corrected chi connectivity index (χ4v) is 4.11. The van der Waals surface area contributed by atoms with Crippen molar-refractivity contribution in [3.8, 4) is 17.2 Å². The van der Waals surface area contributed by atoms with Gasteiger partial charge in [-0.25, -0.2) is 4.98 Å². The molecule has 2 aromatic carbocycles. The summed E-state index contributed by atoms with van der Waals surface area (Å²) in [5, 5.41) is 14.7. The van der Waals surface area contributed by atoms with E-state index in [1.54, 1.807) is 48.7 Å². The van der Waals surface area contributed by atoms with E-state index in [1.165, 1.54) is 30.0 Å². The van der Waals surface area contributed by atoms with Crippen LogP contribution in [-0.2, 0) is 6.61 Å². The monoisotopic (exact) mass is 491 g/mol. The van der Waals surface area contributed by atoms with Crippen molar-refractivity contribution in [2.45, 2.75) is 16.5 Å². The summed E-state index contributed by atoms with van der Waals surface area (Å²) in [5.74, 6) is 1.73. The number of nitrogens with one attached hydrogen (secondary N) is 1. The lowest BCUT2D eigenvalue weighted by Crippen LogP contribution is -2.11. The van der Waals surface area contributed by atoms with Crippen LogP contribution in [0.3, 0.4) is 0 Å². The second-order valence-corrected chi connectivity index (χ2v) is 8.36. The van der Waals surface area contributed by atoms with Gasteiger partial charge in [-0.1, -0.05) is 17.8 Å². The molecule has 1 aliphatic heterocycles. The number of fused-ring (bicyclic) bond motifs is 1. The minimum Gasteiger partial charge on any atom is -0.486 e. The highest BCUT2D eigenvalue weighted by molar-refractivity contribution is 7.99. The second-order valence-electron chi connectivity index (χ2n) is 7.27. The Morgan fingerprint density at radius 2 is 1.97 bits per heavy atom. The summed E-state index contributed by atoms with van der Waals surface area (Å²) in [5.41, 5.74) is 0.107. The first-order chi connectivity index (χ1) is 17.0. The first-order valence-electron chi connectivity index (χ1n) is 10.3. The molecule has 35 heavy (non-hydrogen) atoms. The Morgan fingerprint density at radius 1 is 1.09 bits per heavy atom. The zero-order valence-corrected chi connectivity index (χ0v) is 18.8. The van der Waals surface area contributed by atoms with Crippen molar-refractivity contribution in [3.05, 3.63) is 94.6 Å². The quantitative estimate of drug-likeness (QED) is 0.258. The minimum absolute atomic E-state index is 0.0414. The molecule has 0 unspecified atom stereocenters. The molecule has 0 aliphatic carbocycles. The summed E-state index contributed by atoms with van der Waals surface area (Å²) in [6, 6.07) is 18.1. The molecule has 2 aromatic heterocycles. The summed E-state index contributed by atoms with van der Waals surface area (Å²) in [6.45, 7) is 0.262. The van der Waals surface area contributed by atoms with Gasteiger partial charge in [0.1, 0.15) is 23.1 Å². The first-order valence-corrected chi connectivity index (χ1v) is 11.2. The highest BCUT2D eigenvalue weighted by atomic mass is 32.2. The zero-order valence-electron chi connectivity index (χ0n) is 18.0. The zero-order chi connectivity index (χ0) is 24.2. The van der Waals surface area contributed by atoms with Gasteiger partial charge in [-0.2, -0.15) is 0 Å². The molecule has 0 fully saturated rings. The number of non-ortho nitro benzene ring substituents is 1. The highest BCUT2D eigenvalue weighted by Gasteiger charge is 2.17. The van der Waals surface area contributed by atoms with Crippen LogP contribution in [0.5, 0.6) is 17.2 Å². The fourth-order valence-electron chi connectivity index (χ4n) is 3.24. The Morgan fingerprint density at radius 3 is 2.80 bits per heavy atom. The Labute approximate surface area is 203 Å². The molecule has 0 atom stereocenters. The summed E-state index contributed by atoms with van der Waals surface area (Å²) in [4.78, 5) is 28.4. The van der Waals surface area contributed by atoms with E-state index >= 15 is 0 Å². The van der Waals surface area contributed by atoms with Crippen LogP contribution in [0.4, 0.5) is 11.4 Å². The van der Waals surface area contributed by atoms with Crippen molar-refractivity contribution in [1.82, 2.24) is 4.98 Å². The number of amides is 1. The minimum atomic E-state index is -0.548. The molecule has 0 bridgehead atoms. The number of furan rings is 1. The van der Waals surface area contributed by atoms with Gasteiger partial charge >= 0.3 is 0 Å². The third kappa shape index (κ3) is 5.36. The molecule has 0 saturated carbocycles. The van der Waals surface area contributed by atoms with Gasteiger partial charge in [-0.15, -0.1) is 0 Å². The van der Waals surface area contributed by atoms with Crippen molar-refractivity contribution in [3.63, 3.8) is 0 Å². The second kappa shape index (κ2) is 9.77. The number of hydrogen-bond donors (Lipinski definition) is 1. The standard InChI is InChI=1S/C24H17N3O7S/c28-24(21-7-5-18(34-21)13-31-17-4-6-20-22(12-17)33-14-32-20)26-15-9-16(27(29)30)11-19(10-15)35-23-3-1-2-8-25-23/h1-12H,13-14H2,(H,26,28). The molecule has 176 valence electrons. The first kappa shape index (κ1) is 22.3. The van der Waals surface area contributed by atoms with E-state index in [0.717, 1.165) is 0 Å². The summed E-state index contributed by atoms with van der Waals surface area (Å²) < 4.78 is 21.9. The van der Waals surface area contributed by atoms with Crippen LogP contribution in [0.15, 0.2) is 87.3 Å². The van der Waals surface area contributed by atoms with E-state index in [2.05, 4.69) is 10.3 Å². The summed E-state index contributed by atoms with van der Waals surface area (Å²) in [6.07, 6.45) is 1.63. The maximum absolute atomic E-state index is 12.7. The number of anilines is 1. The topological polar surface area (TPSA) is 126 Å². The molecular formula is C24H17N3O7S.